The summed E-state index contributed by atoms with van der Waals surface area (Å²) in [5.74, 6) is -0.428. The summed E-state index contributed by atoms with van der Waals surface area (Å²) in [5.41, 5.74) is 1.22. The highest BCUT2D eigenvalue weighted by atomic mass is 16.3. The van der Waals surface area contributed by atoms with Gasteiger partial charge in [-0.25, -0.2) is 0 Å². The van der Waals surface area contributed by atoms with E-state index in [4.69, 9.17) is 5.26 Å². The Morgan fingerprint density at radius 3 is 2.24 bits per heavy atom. The molecule has 0 spiro atoms. The molecular weight excluding hydrogens is 264 g/mol. The van der Waals surface area contributed by atoms with E-state index in [0.29, 0.717) is 11.3 Å². The van der Waals surface area contributed by atoms with Gasteiger partial charge in [0.2, 0.25) is 0 Å². The number of nitriles is 1. The van der Waals surface area contributed by atoms with Crippen LogP contribution in [0.4, 0.5) is 5.69 Å². The summed E-state index contributed by atoms with van der Waals surface area (Å²) < 4.78 is 0. The third-order valence-corrected chi connectivity index (χ3v) is 3.13. The molecule has 1 amide bonds. The van der Waals surface area contributed by atoms with Gasteiger partial charge in [-0.3, -0.25) is 4.79 Å². The predicted molar refractivity (Wildman–Crippen MR) is 80.4 cm³/mol. The minimum absolute atomic E-state index is 0.210. The molecule has 1 atom stereocenters. The molecule has 1 N–H and O–H groups in total. The smallest absolute Gasteiger partial charge is 0.260 e. The first-order valence-electron chi connectivity index (χ1n) is 6.70. The van der Waals surface area contributed by atoms with Crippen LogP contribution in [0.15, 0.2) is 60.7 Å². The topological polar surface area (TPSA) is 64.3 Å². The van der Waals surface area contributed by atoms with Crippen molar-refractivity contribution in [3.63, 3.8) is 0 Å². The molecule has 106 valence electrons. The molecule has 2 aromatic carbocycles. The second-order valence-corrected chi connectivity index (χ2v) is 4.55. The standard InChI is InChI=1S/C17H16N2O2/c18-12-7-13-19(15-10-5-2-6-11-15)17(21)16(20)14-8-3-1-4-9-14/h1-6,8-11,16,20H,7,13H2. The number of hydrogen-bond donors (Lipinski definition) is 1. The van der Waals surface area contributed by atoms with Crippen LogP contribution < -0.4 is 4.90 Å². The molecule has 0 aliphatic heterocycles. The van der Waals surface area contributed by atoms with Crippen molar-refractivity contribution in [1.29, 1.82) is 5.26 Å². The number of amides is 1. The van der Waals surface area contributed by atoms with Crippen molar-refractivity contribution < 1.29 is 9.90 Å². The molecule has 0 bridgehead atoms. The predicted octanol–water partition coefficient (Wildman–Crippen LogP) is 2.67. The molecule has 2 rings (SSSR count). The number of hydrogen-bond acceptors (Lipinski definition) is 3. The second-order valence-electron chi connectivity index (χ2n) is 4.55. The van der Waals surface area contributed by atoms with Crippen LogP contribution in [0.1, 0.15) is 18.1 Å². The first-order chi connectivity index (χ1) is 10.2. The van der Waals surface area contributed by atoms with Crippen LogP contribution in [0.5, 0.6) is 0 Å². The number of carbonyl (C=O) groups excluding carboxylic acids is 1. The Hall–Kier alpha value is -2.64. The van der Waals surface area contributed by atoms with E-state index in [1.54, 1.807) is 36.4 Å². The summed E-state index contributed by atoms with van der Waals surface area (Å²) in [6, 6.07) is 19.9. The maximum Gasteiger partial charge on any atom is 0.260 e. The van der Waals surface area contributed by atoms with Crippen molar-refractivity contribution >= 4 is 11.6 Å². The van der Waals surface area contributed by atoms with Crippen LogP contribution in [-0.2, 0) is 4.79 Å². The molecule has 0 aromatic heterocycles. The maximum absolute atomic E-state index is 12.5. The first kappa shape index (κ1) is 14.8. The van der Waals surface area contributed by atoms with E-state index in [-0.39, 0.29) is 13.0 Å². The Kier molecular flexibility index (Phi) is 5.08. The number of benzene rings is 2. The zero-order valence-electron chi connectivity index (χ0n) is 11.5. The van der Waals surface area contributed by atoms with Crippen molar-refractivity contribution in [3.8, 4) is 6.07 Å². The number of carbonyl (C=O) groups is 1. The lowest BCUT2D eigenvalue weighted by molar-refractivity contribution is -0.126. The molecule has 4 heteroatoms. The molecule has 2 aromatic rings. The zero-order chi connectivity index (χ0) is 15.1. The Labute approximate surface area is 123 Å². The van der Waals surface area contributed by atoms with Crippen LogP contribution in [0.2, 0.25) is 0 Å². The summed E-state index contributed by atoms with van der Waals surface area (Å²) in [6.07, 6.45) is -1.02. The van der Waals surface area contributed by atoms with E-state index in [0.717, 1.165) is 0 Å². The number of aliphatic hydroxyl groups is 1. The van der Waals surface area contributed by atoms with Gasteiger partial charge in [-0.15, -0.1) is 0 Å². The number of para-hydroxylation sites is 1. The van der Waals surface area contributed by atoms with Crippen LogP contribution in [-0.4, -0.2) is 17.6 Å². The van der Waals surface area contributed by atoms with E-state index >= 15 is 0 Å². The average Bonchev–Trinajstić information content (AvgIpc) is 2.56. The molecule has 1 unspecified atom stereocenters. The second kappa shape index (κ2) is 7.22. The molecule has 0 saturated heterocycles. The molecule has 0 aliphatic rings. The molecule has 0 heterocycles. The molecule has 0 fully saturated rings. The monoisotopic (exact) mass is 280 g/mol. The van der Waals surface area contributed by atoms with E-state index in [1.165, 1.54) is 4.90 Å². The lowest BCUT2D eigenvalue weighted by atomic mass is 10.1. The highest BCUT2D eigenvalue weighted by Gasteiger charge is 2.24. The molecule has 0 radical (unpaired) electrons. The van der Waals surface area contributed by atoms with E-state index in [2.05, 4.69) is 0 Å². The van der Waals surface area contributed by atoms with Gasteiger partial charge in [0.25, 0.3) is 5.91 Å². The van der Waals surface area contributed by atoms with E-state index in [1.807, 2.05) is 30.3 Å². The van der Waals surface area contributed by atoms with Crippen molar-refractivity contribution in [2.24, 2.45) is 0 Å². The van der Waals surface area contributed by atoms with Gasteiger partial charge in [0.15, 0.2) is 6.10 Å². The van der Waals surface area contributed by atoms with Crippen molar-refractivity contribution in [1.82, 2.24) is 0 Å². The van der Waals surface area contributed by atoms with Gasteiger partial charge in [0, 0.05) is 12.2 Å². The summed E-state index contributed by atoms with van der Waals surface area (Å²) in [5, 5.41) is 19.0. The Bertz CT molecular complexity index is 620. The lowest BCUT2D eigenvalue weighted by Crippen LogP contribution is -2.36. The average molecular weight is 280 g/mol. The molecule has 21 heavy (non-hydrogen) atoms. The van der Waals surface area contributed by atoms with E-state index < -0.39 is 12.0 Å². The van der Waals surface area contributed by atoms with Gasteiger partial charge in [0.1, 0.15) is 0 Å². The summed E-state index contributed by atoms with van der Waals surface area (Å²) in [7, 11) is 0. The van der Waals surface area contributed by atoms with Crippen molar-refractivity contribution in [2.45, 2.75) is 12.5 Å². The van der Waals surface area contributed by atoms with Gasteiger partial charge in [-0.1, -0.05) is 48.5 Å². The fourth-order valence-electron chi connectivity index (χ4n) is 2.06. The fraction of sp³-hybridized carbons (Fsp3) is 0.176. The van der Waals surface area contributed by atoms with E-state index in [9.17, 15) is 9.90 Å². The summed E-state index contributed by atoms with van der Waals surface area (Å²) in [6.45, 7) is 0.253. The quantitative estimate of drug-likeness (QED) is 0.915. The minimum Gasteiger partial charge on any atom is -0.378 e. The van der Waals surface area contributed by atoms with Gasteiger partial charge >= 0.3 is 0 Å². The minimum atomic E-state index is -1.23. The van der Waals surface area contributed by atoms with Crippen LogP contribution in [0.3, 0.4) is 0 Å². The van der Waals surface area contributed by atoms with Crippen LogP contribution >= 0.6 is 0 Å². The highest BCUT2D eigenvalue weighted by molar-refractivity contribution is 5.97. The highest BCUT2D eigenvalue weighted by Crippen LogP contribution is 2.21. The van der Waals surface area contributed by atoms with Crippen molar-refractivity contribution in [3.05, 3.63) is 66.2 Å². The Morgan fingerprint density at radius 1 is 1.10 bits per heavy atom. The maximum atomic E-state index is 12.5. The summed E-state index contributed by atoms with van der Waals surface area (Å²) >= 11 is 0. The Morgan fingerprint density at radius 2 is 1.67 bits per heavy atom. The molecule has 0 saturated carbocycles. The third kappa shape index (κ3) is 3.68. The molecular formula is C17H16N2O2. The largest absolute Gasteiger partial charge is 0.378 e. The fourth-order valence-corrected chi connectivity index (χ4v) is 2.06. The summed E-state index contributed by atoms with van der Waals surface area (Å²) in [4.78, 5) is 14.0. The third-order valence-electron chi connectivity index (χ3n) is 3.13. The SMILES string of the molecule is N#CCCN(C(=O)C(O)c1ccccc1)c1ccccc1. The number of anilines is 1. The first-order valence-corrected chi connectivity index (χ1v) is 6.70. The number of rotatable bonds is 5. The van der Waals surface area contributed by atoms with Gasteiger partial charge < -0.3 is 10.0 Å². The lowest BCUT2D eigenvalue weighted by Gasteiger charge is -2.24. The number of aliphatic hydroxyl groups excluding tert-OH is 1. The molecule has 0 aliphatic carbocycles. The van der Waals surface area contributed by atoms with Crippen LogP contribution in [0.25, 0.3) is 0 Å². The van der Waals surface area contributed by atoms with Gasteiger partial charge in [-0.2, -0.15) is 5.26 Å². The number of nitrogens with zero attached hydrogens (tertiary/aromatic N) is 2. The van der Waals surface area contributed by atoms with Crippen molar-refractivity contribution in [2.75, 3.05) is 11.4 Å². The van der Waals surface area contributed by atoms with Crippen LogP contribution in [0, 0.1) is 11.3 Å². The normalized spacial score (nSPS) is 11.4. The van der Waals surface area contributed by atoms with Gasteiger partial charge in [-0.05, 0) is 17.7 Å². The van der Waals surface area contributed by atoms with Gasteiger partial charge in [0.05, 0.1) is 12.5 Å². The Balaban J connectivity index is 2.24. The zero-order valence-corrected chi connectivity index (χ0v) is 11.5. The molecule has 4 nitrogen and oxygen atoms in total.